The van der Waals surface area contributed by atoms with Crippen LogP contribution in [0.2, 0.25) is 0 Å². The van der Waals surface area contributed by atoms with Gasteiger partial charge >= 0.3 is 0 Å². The third-order valence-electron chi connectivity index (χ3n) is 6.20. The van der Waals surface area contributed by atoms with Gasteiger partial charge in [0.2, 0.25) is 0 Å². The molecule has 1 unspecified atom stereocenters. The van der Waals surface area contributed by atoms with Gasteiger partial charge in [-0.05, 0) is 96.7 Å². The van der Waals surface area contributed by atoms with Crippen LogP contribution in [0.5, 0.6) is 0 Å². The van der Waals surface area contributed by atoms with Gasteiger partial charge in [-0.2, -0.15) is 0 Å². The molecule has 4 aliphatic carbocycles. The highest BCUT2D eigenvalue weighted by molar-refractivity contribution is 9.10. The zero-order chi connectivity index (χ0) is 14.4. The lowest BCUT2D eigenvalue weighted by atomic mass is 9.47. The smallest absolute Gasteiger partial charge is 0.135 e. The molecule has 0 aromatic carbocycles. The first-order valence-electron chi connectivity index (χ1n) is 8.66. The van der Waals surface area contributed by atoms with Gasteiger partial charge in [0.05, 0.1) is 16.8 Å². The summed E-state index contributed by atoms with van der Waals surface area (Å²) >= 11 is 3.70. The van der Waals surface area contributed by atoms with E-state index in [1.54, 1.807) is 0 Å². The fraction of sp³-hybridized carbons (Fsp3) is 0.778. The molecular formula is C18H26BrNO. The Balaban J connectivity index is 1.68. The van der Waals surface area contributed by atoms with Crippen molar-refractivity contribution in [2.75, 3.05) is 6.54 Å². The maximum Gasteiger partial charge on any atom is 0.135 e. The Morgan fingerprint density at radius 3 is 2.33 bits per heavy atom. The van der Waals surface area contributed by atoms with Gasteiger partial charge in [0.25, 0.3) is 0 Å². The molecule has 1 aromatic rings. The second-order valence-corrected chi connectivity index (χ2v) is 8.65. The SMILES string of the molecule is CCCNC(c1occc1Br)C12CC3CC(CC(C3)C1)C2. The van der Waals surface area contributed by atoms with Crippen LogP contribution in [0.15, 0.2) is 21.2 Å². The number of hydrogen-bond acceptors (Lipinski definition) is 2. The van der Waals surface area contributed by atoms with Crippen molar-refractivity contribution in [2.45, 2.75) is 57.9 Å². The number of rotatable bonds is 5. The summed E-state index contributed by atoms with van der Waals surface area (Å²) in [5.74, 6) is 4.09. The zero-order valence-electron chi connectivity index (χ0n) is 12.9. The average molecular weight is 352 g/mol. The first-order chi connectivity index (χ1) is 10.2. The largest absolute Gasteiger partial charge is 0.466 e. The van der Waals surface area contributed by atoms with Crippen LogP contribution in [0, 0.1) is 23.2 Å². The van der Waals surface area contributed by atoms with E-state index >= 15 is 0 Å². The van der Waals surface area contributed by atoms with Crippen LogP contribution in [-0.4, -0.2) is 6.54 Å². The standard InChI is InChI=1S/C18H26BrNO/c1-2-4-20-17(16-15(19)3-5-21-16)18-9-12-6-13(10-18)8-14(7-12)11-18/h3,5,12-14,17,20H,2,4,6-11H2,1H3. The van der Waals surface area contributed by atoms with Crippen LogP contribution in [-0.2, 0) is 0 Å². The predicted octanol–water partition coefficient (Wildman–Crippen LogP) is 5.30. The maximum atomic E-state index is 5.90. The highest BCUT2D eigenvalue weighted by atomic mass is 79.9. The van der Waals surface area contributed by atoms with E-state index in [-0.39, 0.29) is 0 Å². The minimum absolute atomic E-state index is 0.398. The van der Waals surface area contributed by atoms with Gasteiger partial charge in [0.15, 0.2) is 0 Å². The van der Waals surface area contributed by atoms with Gasteiger partial charge in [0, 0.05) is 0 Å². The molecule has 1 aromatic heterocycles. The van der Waals surface area contributed by atoms with Crippen molar-refractivity contribution < 1.29 is 4.42 Å². The van der Waals surface area contributed by atoms with E-state index < -0.39 is 0 Å². The van der Waals surface area contributed by atoms with Gasteiger partial charge in [-0.15, -0.1) is 0 Å². The Labute approximate surface area is 136 Å². The summed E-state index contributed by atoms with van der Waals surface area (Å²) in [5, 5.41) is 3.85. The normalized spacial score (nSPS) is 38.9. The predicted molar refractivity (Wildman–Crippen MR) is 88.0 cm³/mol. The van der Waals surface area contributed by atoms with Crippen molar-refractivity contribution in [2.24, 2.45) is 23.2 Å². The average Bonchev–Trinajstić information content (AvgIpc) is 2.84. The summed E-state index contributed by atoms with van der Waals surface area (Å²) in [6.07, 6.45) is 11.7. The minimum atomic E-state index is 0.398. The lowest BCUT2D eigenvalue weighted by Gasteiger charge is -2.59. The third-order valence-corrected chi connectivity index (χ3v) is 6.86. The summed E-state index contributed by atoms with van der Waals surface area (Å²) in [4.78, 5) is 0. The van der Waals surface area contributed by atoms with Gasteiger partial charge in [-0.3, -0.25) is 0 Å². The first-order valence-corrected chi connectivity index (χ1v) is 9.46. The molecule has 116 valence electrons. The van der Waals surface area contributed by atoms with Crippen molar-refractivity contribution in [3.8, 4) is 0 Å². The van der Waals surface area contributed by atoms with Crippen molar-refractivity contribution >= 4 is 15.9 Å². The summed E-state index contributed by atoms with van der Waals surface area (Å²) in [6, 6.07) is 2.45. The van der Waals surface area contributed by atoms with Crippen LogP contribution in [0.4, 0.5) is 0 Å². The van der Waals surface area contributed by atoms with E-state index in [2.05, 4.69) is 34.2 Å². The summed E-state index contributed by atoms with van der Waals surface area (Å²) in [5.41, 5.74) is 0.449. The van der Waals surface area contributed by atoms with Gasteiger partial charge in [-0.25, -0.2) is 0 Å². The van der Waals surface area contributed by atoms with Crippen LogP contribution < -0.4 is 5.32 Å². The van der Waals surface area contributed by atoms with Crippen molar-refractivity contribution in [1.29, 1.82) is 0 Å². The molecular weight excluding hydrogens is 326 g/mol. The van der Waals surface area contributed by atoms with Gasteiger partial charge in [0.1, 0.15) is 5.76 Å². The Hall–Kier alpha value is -0.280. The summed E-state index contributed by atoms with van der Waals surface area (Å²) in [6.45, 7) is 3.33. The summed E-state index contributed by atoms with van der Waals surface area (Å²) in [7, 11) is 0. The quantitative estimate of drug-likeness (QED) is 0.778. The minimum Gasteiger partial charge on any atom is -0.466 e. The number of furan rings is 1. The van der Waals surface area contributed by atoms with Crippen LogP contribution in [0.3, 0.4) is 0 Å². The molecule has 1 atom stereocenters. The summed E-state index contributed by atoms with van der Waals surface area (Å²) < 4.78 is 7.05. The number of halogens is 1. The molecule has 2 nitrogen and oxygen atoms in total. The van der Waals surface area contributed by atoms with E-state index in [0.717, 1.165) is 34.5 Å². The van der Waals surface area contributed by atoms with E-state index in [1.807, 2.05) is 6.26 Å². The maximum absolute atomic E-state index is 5.90. The van der Waals surface area contributed by atoms with E-state index in [1.165, 1.54) is 44.9 Å². The van der Waals surface area contributed by atoms with E-state index in [4.69, 9.17) is 4.42 Å². The molecule has 21 heavy (non-hydrogen) atoms. The molecule has 3 heteroatoms. The second-order valence-electron chi connectivity index (χ2n) is 7.80. The van der Waals surface area contributed by atoms with Crippen molar-refractivity contribution in [1.82, 2.24) is 5.32 Å². The highest BCUT2D eigenvalue weighted by Gasteiger charge is 2.55. The lowest BCUT2D eigenvalue weighted by Crippen LogP contribution is -2.52. The Morgan fingerprint density at radius 1 is 1.24 bits per heavy atom. The molecule has 1 N–H and O–H groups in total. The number of nitrogens with one attached hydrogen (secondary N) is 1. The topological polar surface area (TPSA) is 25.2 Å². The zero-order valence-corrected chi connectivity index (χ0v) is 14.5. The second kappa shape index (κ2) is 5.42. The molecule has 0 amide bonds. The van der Waals surface area contributed by atoms with Crippen LogP contribution in [0.25, 0.3) is 0 Å². The fourth-order valence-electron chi connectivity index (χ4n) is 5.92. The number of hydrogen-bond donors (Lipinski definition) is 1. The molecule has 4 bridgehead atoms. The van der Waals surface area contributed by atoms with Gasteiger partial charge in [-0.1, -0.05) is 6.92 Å². The molecule has 0 saturated heterocycles. The van der Waals surface area contributed by atoms with Gasteiger partial charge < -0.3 is 9.73 Å². The third kappa shape index (κ3) is 2.41. The Bertz CT molecular complexity index is 474. The van der Waals surface area contributed by atoms with E-state index in [9.17, 15) is 0 Å². The fourth-order valence-corrected chi connectivity index (χ4v) is 6.35. The first kappa shape index (κ1) is 14.3. The highest BCUT2D eigenvalue weighted by Crippen LogP contribution is 2.64. The monoisotopic (exact) mass is 351 g/mol. The van der Waals surface area contributed by atoms with Crippen molar-refractivity contribution in [3.05, 3.63) is 22.6 Å². The molecule has 1 heterocycles. The molecule has 4 aliphatic rings. The van der Waals surface area contributed by atoms with Crippen molar-refractivity contribution in [3.63, 3.8) is 0 Å². The molecule has 5 rings (SSSR count). The van der Waals surface area contributed by atoms with Crippen LogP contribution >= 0.6 is 15.9 Å². The molecule has 0 radical (unpaired) electrons. The molecule has 0 spiro atoms. The van der Waals surface area contributed by atoms with E-state index in [0.29, 0.717) is 11.5 Å². The molecule has 4 saturated carbocycles. The Kier molecular flexibility index (Phi) is 3.69. The molecule has 0 aliphatic heterocycles. The Morgan fingerprint density at radius 2 is 1.86 bits per heavy atom. The van der Waals surface area contributed by atoms with Crippen LogP contribution in [0.1, 0.15) is 63.7 Å². The molecule has 4 fully saturated rings. The lowest BCUT2D eigenvalue weighted by molar-refractivity contribution is -0.0785.